The number of nitrogens with zero attached hydrogens (tertiary/aromatic N) is 4. The molecule has 0 atom stereocenters. The zero-order valence-corrected chi connectivity index (χ0v) is 15.4. The van der Waals surface area contributed by atoms with Gasteiger partial charge in [-0.3, -0.25) is 9.78 Å². The maximum atomic E-state index is 13.1. The van der Waals surface area contributed by atoms with Gasteiger partial charge in [-0.2, -0.15) is 0 Å². The van der Waals surface area contributed by atoms with Crippen molar-refractivity contribution in [2.24, 2.45) is 0 Å². The first-order chi connectivity index (χ1) is 12.7. The molecule has 0 aliphatic heterocycles. The molecular formula is C20H20N4OS. The monoisotopic (exact) mass is 364 g/mol. The number of rotatable bonds is 6. The predicted molar refractivity (Wildman–Crippen MR) is 101 cm³/mol. The fourth-order valence-electron chi connectivity index (χ4n) is 2.85. The number of thiophene rings is 1. The highest BCUT2D eigenvalue weighted by molar-refractivity contribution is 7.11. The summed E-state index contributed by atoms with van der Waals surface area (Å²) >= 11 is 1.72. The minimum Gasteiger partial charge on any atom is -0.329 e. The van der Waals surface area contributed by atoms with E-state index in [0.717, 1.165) is 24.2 Å². The van der Waals surface area contributed by atoms with Crippen molar-refractivity contribution in [2.45, 2.75) is 38.8 Å². The minimum absolute atomic E-state index is 0.0461. The Morgan fingerprint density at radius 1 is 1.12 bits per heavy atom. The van der Waals surface area contributed by atoms with Crippen LogP contribution in [0.2, 0.25) is 0 Å². The lowest BCUT2D eigenvalue weighted by Gasteiger charge is -2.22. The number of carbonyl (C=O) groups is 1. The van der Waals surface area contributed by atoms with E-state index >= 15 is 0 Å². The number of amides is 1. The van der Waals surface area contributed by atoms with Gasteiger partial charge in [0.05, 0.1) is 12.1 Å². The third-order valence-corrected chi connectivity index (χ3v) is 5.40. The second-order valence-electron chi connectivity index (χ2n) is 6.63. The molecule has 132 valence electrons. The molecule has 1 fully saturated rings. The molecule has 1 amide bonds. The molecule has 4 rings (SSSR count). The summed E-state index contributed by atoms with van der Waals surface area (Å²) in [5.41, 5.74) is 1.59. The first-order valence-corrected chi connectivity index (χ1v) is 9.56. The van der Waals surface area contributed by atoms with Crippen LogP contribution < -0.4 is 0 Å². The maximum Gasteiger partial charge on any atom is 0.257 e. The fraction of sp³-hybridized carbons (Fsp3) is 0.300. The van der Waals surface area contributed by atoms with Gasteiger partial charge in [0.15, 0.2) is 0 Å². The van der Waals surface area contributed by atoms with Gasteiger partial charge < -0.3 is 4.90 Å². The molecule has 3 aromatic rings. The standard InChI is InChI=1S/C20H20N4OS/c1-14-2-5-18(26-14)13-24(12-15-6-8-21-9-7-15)20(25)17-10-22-19(23-11-17)16-3-4-16/h2,5-11,16H,3-4,12-13H2,1H3. The van der Waals surface area contributed by atoms with Crippen LogP contribution in [0.25, 0.3) is 0 Å². The van der Waals surface area contributed by atoms with E-state index in [9.17, 15) is 4.79 Å². The molecule has 3 aromatic heterocycles. The fourth-order valence-corrected chi connectivity index (χ4v) is 3.76. The van der Waals surface area contributed by atoms with Crippen molar-refractivity contribution in [3.63, 3.8) is 0 Å². The van der Waals surface area contributed by atoms with Crippen molar-refractivity contribution >= 4 is 17.2 Å². The molecule has 0 saturated heterocycles. The summed E-state index contributed by atoms with van der Waals surface area (Å²) in [7, 11) is 0. The molecule has 0 radical (unpaired) electrons. The van der Waals surface area contributed by atoms with Crippen LogP contribution >= 0.6 is 11.3 Å². The van der Waals surface area contributed by atoms with E-state index in [1.54, 1.807) is 36.1 Å². The van der Waals surface area contributed by atoms with E-state index in [-0.39, 0.29) is 5.91 Å². The Labute approximate surface area is 156 Å². The number of aryl methyl sites for hydroxylation is 1. The molecule has 26 heavy (non-hydrogen) atoms. The van der Waals surface area contributed by atoms with Gasteiger partial charge in [-0.15, -0.1) is 11.3 Å². The quantitative estimate of drug-likeness (QED) is 0.664. The lowest BCUT2D eigenvalue weighted by Crippen LogP contribution is -2.30. The van der Waals surface area contributed by atoms with Gasteiger partial charge in [0.25, 0.3) is 5.91 Å². The van der Waals surface area contributed by atoms with Gasteiger partial charge in [0.2, 0.25) is 0 Å². The SMILES string of the molecule is Cc1ccc(CN(Cc2ccncc2)C(=O)c2cnc(C3CC3)nc2)s1. The van der Waals surface area contributed by atoms with Gasteiger partial charge >= 0.3 is 0 Å². The van der Waals surface area contributed by atoms with Crippen LogP contribution in [0, 0.1) is 6.92 Å². The number of hydrogen-bond donors (Lipinski definition) is 0. The highest BCUT2D eigenvalue weighted by atomic mass is 32.1. The zero-order valence-electron chi connectivity index (χ0n) is 14.6. The van der Waals surface area contributed by atoms with Crippen molar-refractivity contribution in [1.82, 2.24) is 19.9 Å². The third-order valence-electron chi connectivity index (χ3n) is 4.41. The highest BCUT2D eigenvalue weighted by Gasteiger charge is 2.27. The molecule has 1 saturated carbocycles. The smallest absolute Gasteiger partial charge is 0.257 e. The molecule has 0 unspecified atom stereocenters. The summed E-state index contributed by atoms with van der Waals surface area (Å²) in [5, 5.41) is 0. The summed E-state index contributed by atoms with van der Waals surface area (Å²) in [6.45, 7) is 3.18. The summed E-state index contributed by atoms with van der Waals surface area (Å²) in [4.78, 5) is 30.2. The van der Waals surface area contributed by atoms with Crippen LogP contribution in [0.4, 0.5) is 0 Å². The molecule has 3 heterocycles. The predicted octanol–water partition coefficient (Wildman–Crippen LogP) is 3.96. The van der Waals surface area contributed by atoms with Crippen molar-refractivity contribution in [1.29, 1.82) is 0 Å². The van der Waals surface area contributed by atoms with Crippen molar-refractivity contribution < 1.29 is 4.79 Å². The Kier molecular flexibility index (Phi) is 4.75. The van der Waals surface area contributed by atoms with Gasteiger partial charge in [-0.05, 0) is 49.6 Å². The number of hydrogen-bond acceptors (Lipinski definition) is 5. The Balaban J connectivity index is 1.56. The van der Waals surface area contributed by atoms with E-state index in [0.29, 0.717) is 24.6 Å². The number of pyridine rings is 1. The summed E-state index contributed by atoms with van der Waals surface area (Å²) < 4.78 is 0. The van der Waals surface area contributed by atoms with E-state index in [2.05, 4.69) is 34.0 Å². The lowest BCUT2D eigenvalue weighted by atomic mass is 10.2. The van der Waals surface area contributed by atoms with Crippen molar-refractivity contribution in [3.8, 4) is 0 Å². The summed E-state index contributed by atoms with van der Waals surface area (Å²) in [6, 6.07) is 8.04. The molecular weight excluding hydrogens is 344 g/mol. The molecule has 6 heteroatoms. The zero-order chi connectivity index (χ0) is 17.9. The van der Waals surface area contributed by atoms with E-state index in [1.165, 1.54) is 9.75 Å². The van der Waals surface area contributed by atoms with Crippen LogP contribution in [0.3, 0.4) is 0 Å². The second-order valence-corrected chi connectivity index (χ2v) is 8.01. The minimum atomic E-state index is -0.0461. The van der Waals surface area contributed by atoms with E-state index < -0.39 is 0 Å². The van der Waals surface area contributed by atoms with E-state index in [1.807, 2.05) is 17.0 Å². The van der Waals surface area contributed by atoms with Crippen LogP contribution in [0.5, 0.6) is 0 Å². The first kappa shape index (κ1) is 16.8. The second kappa shape index (κ2) is 7.33. The van der Waals surface area contributed by atoms with Crippen molar-refractivity contribution in [3.05, 3.63) is 75.8 Å². The Morgan fingerprint density at radius 2 is 1.85 bits per heavy atom. The van der Waals surface area contributed by atoms with Crippen LogP contribution in [0.15, 0.2) is 49.1 Å². The third kappa shape index (κ3) is 3.96. The molecule has 0 bridgehead atoms. The van der Waals surface area contributed by atoms with E-state index in [4.69, 9.17) is 0 Å². The normalized spacial score (nSPS) is 13.6. The molecule has 1 aliphatic carbocycles. The van der Waals surface area contributed by atoms with Crippen LogP contribution in [-0.2, 0) is 13.1 Å². The molecule has 1 aliphatic rings. The largest absolute Gasteiger partial charge is 0.329 e. The van der Waals surface area contributed by atoms with Crippen LogP contribution in [-0.4, -0.2) is 25.8 Å². The topological polar surface area (TPSA) is 59.0 Å². The Bertz CT molecular complexity index is 888. The number of carbonyl (C=O) groups excluding carboxylic acids is 1. The van der Waals surface area contributed by atoms with Crippen molar-refractivity contribution in [2.75, 3.05) is 0 Å². The molecule has 5 nitrogen and oxygen atoms in total. The first-order valence-electron chi connectivity index (χ1n) is 8.74. The Morgan fingerprint density at radius 3 is 2.46 bits per heavy atom. The average Bonchev–Trinajstić information content (AvgIpc) is 3.44. The molecule has 0 N–H and O–H groups in total. The highest BCUT2D eigenvalue weighted by Crippen LogP contribution is 2.37. The van der Waals surface area contributed by atoms with Gasteiger partial charge in [-0.25, -0.2) is 9.97 Å². The van der Waals surface area contributed by atoms with Gasteiger partial charge in [-0.1, -0.05) is 0 Å². The molecule has 0 aromatic carbocycles. The lowest BCUT2D eigenvalue weighted by molar-refractivity contribution is 0.0730. The van der Waals surface area contributed by atoms with Gasteiger partial charge in [0, 0.05) is 47.0 Å². The maximum absolute atomic E-state index is 13.1. The number of aromatic nitrogens is 3. The molecule has 0 spiro atoms. The summed E-state index contributed by atoms with van der Waals surface area (Å²) in [5.74, 6) is 1.30. The van der Waals surface area contributed by atoms with Gasteiger partial charge in [0.1, 0.15) is 5.82 Å². The van der Waals surface area contributed by atoms with Crippen LogP contribution in [0.1, 0.15) is 50.3 Å². The Hall–Kier alpha value is -2.60. The summed E-state index contributed by atoms with van der Waals surface area (Å²) in [6.07, 6.45) is 9.14. The average molecular weight is 364 g/mol.